The number of nitrogens with one attached hydrogen (secondary N) is 2. The topological polar surface area (TPSA) is 71.1 Å². The Balaban J connectivity index is 1.78. The maximum Gasteiger partial charge on any atom is 0.257 e. The number of rotatable bonds is 4. The van der Waals surface area contributed by atoms with Crippen molar-refractivity contribution in [2.24, 2.45) is 0 Å². The third-order valence-corrected chi connectivity index (χ3v) is 3.98. The molecular weight excluding hydrogens is 382 g/mol. The highest BCUT2D eigenvalue weighted by atomic mass is 79.9. The number of anilines is 2. The summed E-state index contributed by atoms with van der Waals surface area (Å²) in [6.45, 7) is 0. The summed E-state index contributed by atoms with van der Waals surface area (Å²) >= 11 is 3.34. The molecule has 0 spiro atoms. The second-order valence-corrected chi connectivity index (χ2v) is 6.12. The van der Waals surface area contributed by atoms with Crippen LogP contribution in [0.15, 0.2) is 77.5 Å². The van der Waals surface area contributed by atoms with E-state index in [1.54, 1.807) is 66.9 Å². The Morgan fingerprint density at radius 2 is 1.36 bits per heavy atom. The molecule has 0 unspecified atom stereocenters. The first kappa shape index (κ1) is 16.9. The summed E-state index contributed by atoms with van der Waals surface area (Å²) in [4.78, 5) is 28.6. The van der Waals surface area contributed by atoms with Gasteiger partial charge in [0.1, 0.15) is 0 Å². The average Bonchev–Trinajstić information content (AvgIpc) is 2.64. The van der Waals surface area contributed by atoms with Crippen LogP contribution in [0.2, 0.25) is 0 Å². The number of aromatic nitrogens is 1. The van der Waals surface area contributed by atoms with Crippen molar-refractivity contribution < 1.29 is 9.59 Å². The van der Waals surface area contributed by atoms with Crippen LogP contribution in [-0.4, -0.2) is 16.8 Å². The van der Waals surface area contributed by atoms with Crippen LogP contribution in [0.4, 0.5) is 11.4 Å². The maximum absolute atomic E-state index is 12.4. The normalized spacial score (nSPS) is 10.1. The molecule has 0 aliphatic carbocycles. The molecule has 6 heteroatoms. The van der Waals surface area contributed by atoms with Crippen molar-refractivity contribution in [2.45, 2.75) is 0 Å². The van der Waals surface area contributed by atoms with E-state index in [0.717, 1.165) is 4.47 Å². The van der Waals surface area contributed by atoms with Gasteiger partial charge in [0.2, 0.25) is 0 Å². The zero-order valence-electron chi connectivity index (χ0n) is 13.1. The fourth-order valence-corrected chi connectivity index (χ4v) is 2.45. The van der Waals surface area contributed by atoms with Crippen LogP contribution in [0.1, 0.15) is 20.7 Å². The van der Waals surface area contributed by atoms with E-state index in [0.29, 0.717) is 22.5 Å². The van der Waals surface area contributed by atoms with Crippen LogP contribution in [0.5, 0.6) is 0 Å². The zero-order valence-corrected chi connectivity index (χ0v) is 14.7. The van der Waals surface area contributed by atoms with Crippen molar-refractivity contribution in [3.05, 3.63) is 88.7 Å². The molecule has 0 bridgehead atoms. The molecule has 0 aliphatic rings. The van der Waals surface area contributed by atoms with Crippen molar-refractivity contribution in [3.63, 3.8) is 0 Å². The van der Waals surface area contributed by atoms with Gasteiger partial charge in [0.15, 0.2) is 0 Å². The fraction of sp³-hybridized carbons (Fsp3) is 0. The van der Waals surface area contributed by atoms with Crippen molar-refractivity contribution in [3.8, 4) is 0 Å². The molecule has 1 aromatic heterocycles. The summed E-state index contributed by atoms with van der Waals surface area (Å²) in [6.07, 6.45) is 3.08. The van der Waals surface area contributed by atoms with E-state index in [9.17, 15) is 9.59 Å². The molecule has 2 amide bonds. The predicted molar refractivity (Wildman–Crippen MR) is 101 cm³/mol. The smallest absolute Gasteiger partial charge is 0.257 e. The Morgan fingerprint density at radius 1 is 0.760 bits per heavy atom. The molecular formula is C19H14BrN3O2. The number of nitrogens with zero attached hydrogens (tertiary/aromatic N) is 1. The van der Waals surface area contributed by atoms with Gasteiger partial charge < -0.3 is 10.6 Å². The molecule has 0 atom stereocenters. The number of para-hydroxylation sites is 2. The highest BCUT2D eigenvalue weighted by Gasteiger charge is 2.12. The molecule has 2 aromatic carbocycles. The van der Waals surface area contributed by atoms with Gasteiger partial charge in [-0.15, -0.1) is 0 Å². The van der Waals surface area contributed by atoms with Crippen molar-refractivity contribution in [2.75, 3.05) is 10.6 Å². The predicted octanol–water partition coefficient (Wildman–Crippen LogP) is 4.35. The zero-order chi connectivity index (χ0) is 17.6. The molecule has 2 N–H and O–H groups in total. The second kappa shape index (κ2) is 7.72. The van der Waals surface area contributed by atoms with Crippen LogP contribution in [-0.2, 0) is 0 Å². The number of halogens is 1. The van der Waals surface area contributed by atoms with Gasteiger partial charge in [-0.2, -0.15) is 0 Å². The highest BCUT2D eigenvalue weighted by Crippen LogP contribution is 2.23. The molecule has 0 saturated carbocycles. The third kappa shape index (κ3) is 4.30. The van der Waals surface area contributed by atoms with Gasteiger partial charge >= 0.3 is 0 Å². The molecule has 0 radical (unpaired) electrons. The highest BCUT2D eigenvalue weighted by molar-refractivity contribution is 9.10. The van der Waals surface area contributed by atoms with E-state index in [-0.39, 0.29) is 11.8 Å². The molecule has 0 fully saturated rings. The fourth-order valence-electron chi connectivity index (χ4n) is 2.19. The number of hydrogen-bond donors (Lipinski definition) is 2. The Bertz CT molecular complexity index is 896. The summed E-state index contributed by atoms with van der Waals surface area (Å²) in [5.41, 5.74) is 2.00. The van der Waals surface area contributed by atoms with Crippen LogP contribution in [0.3, 0.4) is 0 Å². The summed E-state index contributed by atoms with van der Waals surface area (Å²) in [5, 5.41) is 5.61. The first-order chi connectivity index (χ1) is 12.1. The molecule has 25 heavy (non-hydrogen) atoms. The Labute approximate surface area is 153 Å². The lowest BCUT2D eigenvalue weighted by molar-refractivity contribution is 0.101. The first-order valence-corrected chi connectivity index (χ1v) is 8.30. The van der Waals surface area contributed by atoms with E-state index < -0.39 is 0 Å². The van der Waals surface area contributed by atoms with E-state index in [2.05, 4.69) is 31.5 Å². The Morgan fingerprint density at radius 3 is 1.92 bits per heavy atom. The lowest BCUT2D eigenvalue weighted by atomic mass is 10.2. The summed E-state index contributed by atoms with van der Waals surface area (Å²) in [7, 11) is 0. The number of pyridine rings is 1. The minimum atomic E-state index is -0.293. The van der Waals surface area contributed by atoms with E-state index in [1.165, 1.54) is 6.20 Å². The van der Waals surface area contributed by atoms with Gasteiger partial charge in [0.25, 0.3) is 11.8 Å². The minimum absolute atomic E-state index is 0.254. The van der Waals surface area contributed by atoms with Crippen molar-refractivity contribution in [1.29, 1.82) is 0 Å². The van der Waals surface area contributed by atoms with Crippen LogP contribution >= 0.6 is 15.9 Å². The van der Waals surface area contributed by atoms with Gasteiger partial charge in [-0.25, -0.2) is 0 Å². The molecule has 124 valence electrons. The maximum atomic E-state index is 12.4. The Hall–Kier alpha value is -2.99. The second-order valence-electron chi connectivity index (χ2n) is 5.20. The number of carbonyl (C=O) groups is 2. The lowest BCUT2D eigenvalue weighted by Gasteiger charge is -2.12. The number of benzene rings is 2. The van der Waals surface area contributed by atoms with Gasteiger partial charge in [0.05, 0.1) is 16.9 Å². The van der Waals surface area contributed by atoms with E-state index >= 15 is 0 Å². The van der Waals surface area contributed by atoms with Crippen LogP contribution < -0.4 is 10.6 Å². The van der Waals surface area contributed by atoms with Crippen molar-refractivity contribution in [1.82, 2.24) is 4.98 Å². The number of hydrogen-bond acceptors (Lipinski definition) is 3. The molecule has 0 aliphatic heterocycles. The van der Waals surface area contributed by atoms with E-state index in [4.69, 9.17) is 0 Å². The van der Waals surface area contributed by atoms with Gasteiger partial charge in [-0.3, -0.25) is 14.6 Å². The lowest BCUT2D eigenvalue weighted by Crippen LogP contribution is -2.16. The quantitative estimate of drug-likeness (QED) is 0.689. The summed E-state index contributed by atoms with van der Waals surface area (Å²) < 4.78 is 0.896. The average molecular weight is 396 g/mol. The van der Waals surface area contributed by atoms with Gasteiger partial charge in [0, 0.05) is 22.4 Å². The molecule has 1 heterocycles. The standard InChI is InChI=1S/C19H14BrN3O2/c20-15-9-7-13(8-10-15)18(24)22-16-5-1-2-6-17(16)23-19(25)14-4-3-11-21-12-14/h1-12H,(H,22,24)(H,23,25). The minimum Gasteiger partial charge on any atom is -0.320 e. The van der Waals surface area contributed by atoms with E-state index in [1.807, 2.05) is 0 Å². The summed E-state index contributed by atoms with van der Waals surface area (Å²) in [6, 6.07) is 17.4. The molecule has 3 rings (SSSR count). The van der Waals surface area contributed by atoms with Crippen LogP contribution in [0, 0.1) is 0 Å². The van der Waals surface area contributed by atoms with Gasteiger partial charge in [-0.1, -0.05) is 28.1 Å². The molecule has 3 aromatic rings. The number of amides is 2. The molecule has 5 nitrogen and oxygen atoms in total. The third-order valence-electron chi connectivity index (χ3n) is 3.45. The number of carbonyl (C=O) groups excluding carboxylic acids is 2. The van der Waals surface area contributed by atoms with Gasteiger partial charge in [-0.05, 0) is 48.5 Å². The monoisotopic (exact) mass is 395 g/mol. The summed E-state index contributed by atoms with van der Waals surface area (Å²) in [5.74, 6) is -0.547. The SMILES string of the molecule is O=C(Nc1ccccc1NC(=O)c1cccnc1)c1ccc(Br)cc1. The van der Waals surface area contributed by atoms with Crippen LogP contribution in [0.25, 0.3) is 0 Å². The first-order valence-electron chi connectivity index (χ1n) is 7.51. The Kier molecular flexibility index (Phi) is 5.20. The molecule has 0 saturated heterocycles. The largest absolute Gasteiger partial charge is 0.320 e. The van der Waals surface area contributed by atoms with Crippen molar-refractivity contribution >= 4 is 39.1 Å².